The van der Waals surface area contributed by atoms with Crippen LogP contribution in [-0.4, -0.2) is 54.2 Å². The number of nitrogens with zero attached hydrogens (tertiary/aromatic N) is 2. The molecule has 3 atom stereocenters. The van der Waals surface area contributed by atoms with Crippen LogP contribution < -0.4 is 4.74 Å². The molecule has 0 bridgehead atoms. The second-order valence-electron chi connectivity index (χ2n) is 8.80. The predicted molar refractivity (Wildman–Crippen MR) is 113 cm³/mol. The summed E-state index contributed by atoms with van der Waals surface area (Å²) in [5.74, 6) is 1.86. The van der Waals surface area contributed by atoms with Crippen molar-refractivity contribution in [2.24, 2.45) is 5.92 Å². The first-order chi connectivity index (χ1) is 13.5. The van der Waals surface area contributed by atoms with Gasteiger partial charge in [-0.3, -0.25) is 9.80 Å². The second-order valence-corrected chi connectivity index (χ2v) is 8.80. The normalized spacial score (nSPS) is 28.7. The zero-order valence-corrected chi connectivity index (χ0v) is 17.3. The van der Waals surface area contributed by atoms with Crippen molar-refractivity contribution in [3.8, 4) is 11.5 Å². The number of methoxy groups -OCH3 is 1. The molecule has 2 aromatic carbocycles. The Labute approximate surface area is 168 Å². The molecule has 28 heavy (non-hydrogen) atoms. The van der Waals surface area contributed by atoms with Gasteiger partial charge >= 0.3 is 0 Å². The fourth-order valence-electron chi connectivity index (χ4n) is 5.03. The maximum Gasteiger partial charge on any atom is 0.118 e. The Bertz CT molecular complexity index is 807. The lowest BCUT2D eigenvalue weighted by Gasteiger charge is -2.53. The highest BCUT2D eigenvalue weighted by Gasteiger charge is 2.44. The van der Waals surface area contributed by atoms with Gasteiger partial charge in [0.15, 0.2) is 0 Å². The van der Waals surface area contributed by atoms with Crippen LogP contribution in [0.5, 0.6) is 11.5 Å². The molecule has 1 N–H and O–H groups in total. The van der Waals surface area contributed by atoms with Gasteiger partial charge in [0.2, 0.25) is 0 Å². The predicted octanol–water partition coefficient (Wildman–Crippen LogP) is 3.88. The number of piperazine rings is 1. The largest absolute Gasteiger partial charge is 0.508 e. The van der Waals surface area contributed by atoms with Crippen molar-refractivity contribution in [1.82, 2.24) is 9.80 Å². The minimum Gasteiger partial charge on any atom is -0.508 e. The van der Waals surface area contributed by atoms with E-state index >= 15 is 0 Å². The molecule has 0 radical (unpaired) electrons. The lowest BCUT2D eigenvalue weighted by Crippen LogP contribution is -2.60. The molecule has 150 valence electrons. The molecule has 2 aliphatic heterocycles. The standard InChI is InChI=1S/C24H32N2O2/c1-18-15-26-12-11-25(16-19-7-9-23(28-3)10-8-19)17-21(26)14-24(18,2)20-5-4-6-22(27)13-20/h4-10,13,18,21,27H,11-12,14-17H2,1-3H3. The highest BCUT2D eigenvalue weighted by atomic mass is 16.5. The van der Waals surface area contributed by atoms with Crippen molar-refractivity contribution in [1.29, 1.82) is 0 Å². The number of phenolic OH excluding ortho intramolecular Hbond substituents is 1. The van der Waals surface area contributed by atoms with Gasteiger partial charge < -0.3 is 9.84 Å². The Morgan fingerprint density at radius 1 is 1.11 bits per heavy atom. The highest BCUT2D eigenvalue weighted by Crippen LogP contribution is 2.43. The summed E-state index contributed by atoms with van der Waals surface area (Å²) in [5.41, 5.74) is 2.71. The molecule has 4 rings (SSSR count). The fourth-order valence-corrected chi connectivity index (χ4v) is 5.03. The van der Waals surface area contributed by atoms with Gasteiger partial charge in [-0.05, 0) is 53.1 Å². The van der Waals surface area contributed by atoms with Gasteiger partial charge in [0, 0.05) is 38.8 Å². The van der Waals surface area contributed by atoms with E-state index in [2.05, 4.69) is 41.8 Å². The maximum absolute atomic E-state index is 9.99. The quantitative estimate of drug-likeness (QED) is 0.873. The van der Waals surface area contributed by atoms with E-state index in [4.69, 9.17) is 4.74 Å². The highest BCUT2D eigenvalue weighted by molar-refractivity contribution is 5.34. The molecule has 0 spiro atoms. The zero-order chi connectivity index (χ0) is 19.7. The van der Waals surface area contributed by atoms with E-state index in [1.54, 1.807) is 13.2 Å². The van der Waals surface area contributed by atoms with Gasteiger partial charge in [0.1, 0.15) is 11.5 Å². The van der Waals surface area contributed by atoms with E-state index in [1.807, 2.05) is 24.3 Å². The topological polar surface area (TPSA) is 35.9 Å². The van der Waals surface area contributed by atoms with E-state index in [1.165, 1.54) is 11.1 Å². The summed E-state index contributed by atoms with van der Waals surface area (Å²) < 4.78 is 5.28. The second kappa shape index (κ2) is 7.76. The summed E-state index contributed by atoms with van der Waals surface area (Å²) >= 11 is 0. The van der Waals surface area contributed by atoms with Gasteiger partial charge in [0.05, 0.1) is 7.11 Å². The molecule has 4 nitrogen and oxygen atoms in total. The average Bonchev–Trinajstić information content (AvgIpc) is 2.70. The van der Waals surface area contributed by atoms with Crippen LogP contribution in [0.1, 0.15) is 31.4 Å². The van der Waals surface area contributed by atoms with Crippen LogP contribution in [0.25, 0.3) is 0 Å². The van der Waals surface area contributed by atoms with Gasteiger partial charge in [-0.2, -0.15) is 0 Å². The van der Waals surface area contributed by atoms with Crippen molar-refractivity contribution in [3.63, 3.8) is 0 Å². The molecule has 2 aliphatic rings. The maximum atomic E-state index is 9.99. The van der Waals surface area contributed by atoms with Crippen LogP contribution in [-0.2, 0) is 12.0 Å². The van der Waals surface area contributed by atoms with Crippen molar-refractivity contribution < 1.29 is 9.84 Å². The van der Waals surface area contributed by atoms with Crippen LogP contribution >= 0.6 is 0 Å². The number of benzene rings is 2. The van der Waals surface area contributed by atoms with Gasteiger partial charge in [-0.15, -0.1) is 0 Å². The molecule has 0 saturated carbocycles. The van der Waals surface area contributed by atoms with Crippen LogP contribution in [0, 0.1) is 5.92 Å². The molecule has 2 fully saturated rings. The molecule has 3 unspecified atom stereocenters. The summed E-state index contributed by atoms with van der Waals surface area (Å²) in [6, 6.07) is 16.9. The Morgan fingerprint density at radius 2 is 1.89 bits per heavy atom. The summed E-state index contributed by atoms with van der Waals surface area (Å²) in [6.45, 7) is 10.2. The molecule has 2 aromatic rings. The van der Waals surface area contributed by atoms with Crippen LogP contribution in [0.15, 0.2) is 48.5 Å². The van der Waals surface area contributed by atoms with Crippen molar-refractivity contribution >= 4 is 0 Å². The fraction of sp³-hybridized carbons (Fsp3) is 0.500. The van der Waals surface area contributed by atoms with Crippen molar-refractivity contribution in [3.05, 3.63) is 59.7 Å². The van der Waals surface area contributed by atoms with E-state index in [9.17, 15) is 5.11 Å². The Balaban J connectivity index is 1.47. The van der Waals surface area contributed by atoms with Crippen LogP contribution in [0.3, 0.4) is 0 Å². The Hall–Kier alpha value is -2.04. The number of aromatic hydroxyl groups is 1. The van der Waals surface area contributed by atoms with E-state index in [0.717, 1.165) is 44.9 Å². The first kappa shape index (κ1) is 19.3. The molecule has 2 saturated heterocycles. The number of phenols is 1. The van der Waals surface area contributed by atoms with Gasteiger partial charge in [-0.1, -0.05) is 38.1 Å². The minimum absolute atomic E-state index is 0.100. The molecule has 0 amide bonds. The smallest absolute Gasteiger partial charge is 0.118 e. The Kier molecular flexibility index (Phi) is 5.35. The van der Waals surface area contributed by atoms with Crippen LogP contribution in [0.4, 0.5) is 0 Å². The molecule has 0 aromatic heterocycles. The van der Waals surface area contributed by atoms with Crippen LogP contribution in [0.2, 0.25) is 0 Å². The zero-order valence-electron chi connectivity index (χ0n) is 17.3. The average molecular weight is 381 g/mol. The molecule has 0 aliphatic carbocycles. The SMILES string of the molecule is COc1ccc(CN2CCN3CC(C)C(C)(c4cccc(O)c4)CC3C2)cc1. The monoisotopic (exact) mass is 380 g/mol. The minimum atomic E-state index is 0.100. The Morgan fingerprint density at radius 3 is 2.61 bits per heavy atom. The van der Waals surface area contributed by atoms with E-state index in [-0.39, 0.29) is 5.41 Å². The summed E-state index contributed by atoms with van der Waals surface area (Å²) in [5, 5.41) is 9.99. The number of ether oxygens (including phenoxy) is 1. The summed E-state index contributed by atoms with van der Waals surface area (Å²) in [7, 11) is 1.71. The van der Waals surface area contributed by atoms with Gasteiger partial charge in [0.25, 0.3) is 0 Å². The van der Waals surface area contributed by atoms with Gasteiger partial charge in [-0.25, -0.2) is 0 Å². The number of hydrogen-bond acceptors (Lipinski definition) is 4. The van der Waals surface area contributed by atoms with E-state index < -0.39 is 0 Å². The molecular weight excluding hydrogens is 348 g/mol. The lowest BCUT2D eigenvalue weighted by atomic mass is 9.65. The first-order valence-corrected chi connectivity index (χ1v) is 10.4. The third-order valence-corrected chi connectivity index (χ3v) is 7.02. The number of rotatable bonds is 4. The van der Waals surface area contributed by atoms with Crippen molar-refractivity contribution in [2.75, 3.05) is 33.3 Å². The number of piperidine rings is 1. The van der Waals surface area contributed by atoms with Crippen molar-refractivity contribution in [2.45, 2.75) is 38.3 Å². The number of hydrogen-bond donors (Lipinski definition) is 1. The third kappa shape index (κ3) is 3.76. The molecule has 2 heterocycles. The van der Waals surface area contributed by atoms with E-state index in [0.29, 0.717) is 17.7 Å². The number of fused-ring (bicyclic) bond motifs is 1. The first-order valence-electron chi connectivity index (χ1n) is 10.4. The lowest BCUT2D eigenvalue weighted by molar-refractivity contribution is -0.00558. The molecular formula is C24H32N2O2. The summed E-state index contributed by atoms with van der Waals surface area (Å²) in [6.07, 6.45) is 1.14. The summed E-state index contributed by atoms with van der Waals surface area (Å²) in [4.78, 5) is 5.27. The molecule has 4 heteroatoms. The third-order valence-electron chi connectivity index (χ3n) is 7.02.